The van der Waals surface area contributed by atoms with Crippen LogP contribution in [0.5, 0.6) is 0 Å². The normalized spacial score (nSPS) is 39.5. The molecule has 88 valence electrons. The van der Waals surface area contributed by atoms with Crippen molar-refractivity contribution in [2.45, 2.75) is 45.7 Å². The molecular formula is C10H21N2OPS. The third kappa shape index (κ3) is 1.91. The summed E-state index contributed by atoms with van der Waals surface area (Å²) in [4.78, 5) is 0. The highest BCUT2D eigenvalue weighted by atomic mass is 32.5. The Kier molecular flexibility index (Phi) is 2.61. The van der Waals surface area contributed by atoms with Crippen LogP contribution in [0.3, 0.4) is 0 Å². The molecule has 2 fully saturated rings. The summed E-state index contributed by atoms with van der Waals surface area (Å²) >= 11 is 5.81. The molecule has 2 rings (SSSR count). The first-order valence-electron chi connectivity index (χ1n) is 5.55. The Balaban J connectivity index is 2.17. The molecule has 2 unspecified atom stereocenters. The Morgan fingerprint density at radius 2 is 1.47 bits per heavy atom. The molecule has 0 aromatic rings. The van der Waals surface area contributed by atoms with Gasteiger partial charge in [0.05, 0.1) is 6.61 Å². The van der Waals surface area contributed by atoms with Crippen molar-refractivity contribution in [2.24, 2.45) is 0 Å². The van der Waals surface area contributed by atoms with Gasteiger partial charge < -0.3 is 4.52 Å². The molecule has 5 heteroatoms. The van der Waals surface area contributed by atoms with E-state index >= 15 is 0 Å². The summed E-state index contributed by atoms with van der Waals surface area (Å²) in [7, 11) is 0. The molecule has 0 aromatic heterocycles. The average molecular weight is 248 g/mol. The molecule has 2 atom stereocenters. The smallest absolute Gasteiger partial charge is 0.204 e. The van der Waals surface area contributed by atoms with E-state index in [1.54, 1.807) is 0 Å². The lowest BCUT2D eigenvalue weighted by molar-refractivity contribution is 0.326. The molecule has 15 heavy (non-hydrogen) atoms. The second-order valence-corrected chi connectivity index (χ2v) is 9.28. The zero-order valence-electron chi connectivity index (χ0n) is 10.3. The van der Waals surface area contributed by atoms with Gasteiger partial charge in [-0.15, -0.1) is 0 Å². The first-order valence-corrected chi connectivity index (χ1v) is 8.17. The van der Waals surface area contributed by atoms with E-state index in [9.17, 15) is 0 Å². The van der Waals surface area contributed by atoms with E-state index in [4.69, 9.17) is 16.3 Å². The van der Waals surface area contributed by atoms with Crippen LogP contribution >= 0.6 is 6.57 Å². The molecule has 0 aliphatic carbocycles. The summed E-state index contributed by atoms with van der Waals surface area (Å²) in [6.45, 7) is 12.0. The van der Waals surface area contributed by atoms with Crippen LogP contribution in [0.25, 0.3) is 0 Å². The van der Waals surface area contributed by atoms with E-state index in [2.05, 4.69) is 37.0 Å². The minimum Gasteiger partial charge on any atom is -0.327 e. The largest absolute Gasteiger partial charge is 0.327 e. The van der Waals surface area contributed by atoms with Crippen LogP contribution in [0.4, 0.5) is 0 Å². The topological polar surface area (TPSA) is 15.2 Å². The zero-order valence-corrected chi connectivity index (χ0v) is 12.0. The molecular weight excluding hydrogens is 227 g/mol. The number of rotatable bonds is 4. The van der Waals surface area contributed by atoms with Gasteiger partial charge in [0.25, 0.3) is 0 Å². The van der Waals surface area contributed by atoms with Crippen molar-refractivity contribution in [3.8, 4) is 0 Å². The second-order valence-electron chi connectivity index (χ2n) is 5.65. The monoisotopic (exact) mass is 248 g/mol. The van der Waals surface area contributed by atoms with Gasteiger partial charge >= 0.3 is 0 Å². The van der Waals surface area contributed by atoms with E-state index in [1.807, 2.05) is 6.92 Å². The van der Waals surface area contributed by atoms with Crippen molar-refractivity contribution >= 4 is 18.4 Å². The van der Waals surface area contributed by atoms with Gasteiger partial charge in [0.1, 0.15) is 0 Å². The summed E-state index contributed by atoms with van der Waals surface area (Å²) in [5, 5.41) is 0. The van der Waals surface area contributed by atoms with Gasteiger partial charge in [0, 0.05) is 24.2 Å². The molecule has 2 saturated heterocycles. The molecule has 2 heterocycles. The highest BCUT2D eigenvalue weighted by molar-refractivity contribution is 8.10. The number of hydrogen-bond acceptors (Lipinski definition) is 2. The maximum atomic E-state index is 5.93. The average Bonchev–Trinajstić information content (AvgIpc) is 2.89. The molecule has 0 N–H and O–H groups in total. The molecule has 0 aromatic carbocycles. The summed E-state index contributed by atoms with van der Waals surface area (Å²) in [6.07, 6.45) is 0. The van der Waals surface area contributed by atoms with E-state index in [1.165, 1.54) is 0 Å². The summed E-state index contributed by atoms with van der Waals surface area (Å²) in [6, 6.07) is 0. The second kappa shape index (κ2) is 3.27. The van der Waals surface area contributed by atoms with Crippen LogP contribution in [-0.2, 0) is 16.3 Å². The maximum Gasteiger partial charge on any atom is 0.204 e. The van der Waals surface area contributed by atoms with Crippen LogP contribution in [0.15, 0.2) is 0 Å². The third-order valence-electron chi connectivity index (χ3n) is 3.17. The highest BCUT2D eigenvalue weighted by Crippen LogP contribution is 2.70. The summed E-state index contributed by atoms with van der Waals surface area (Å²) in [5.74, 6) is 0. The number of nitrogens with zero attached hydrogens (tertiary/aromatic N) is 2. The van der Waals surface area contributed by atoms with Crippen molar-refractivity contribution in [1.29, 1.82) is 0 Å². The Morgan fingerprint density at radius 3 is 1.67 bits per heavy atom. The molecule has 3 nitrogen and oxygen atoms in total. The predicted molar refractivity (Wildman–Crippen MR) is 67.5 cm³/mol. The first-order chi connectivity index (χ1) is 6.74. The van der Waals surface area contributed by atoms with E-state index < -0.39 is 6.57 Å². The lowest BCUT2D eigenvalue weighted by atomic mass is 10.2. The lowest BCUT2D eigenvalue weighted by Crippen LogP contribution is -2.17. The molecule has 0 saturated carbocycles. The predicted octanol–water partition coefficient (Wildman–Crippen LogP) is 2.44. The molecule has 0 spiro atoms. The van der Waals surface area contributed by atoms with Gasteiger partial charge in [-0.2, -0.15) is 0 Å². The van der Waals surface area contributed by atoms with Gasteiger partial charge in [-0.3, -0.25) is 0 Å². The van der Waals surface area contributed by atoms with Crippen molar-refractivity contribution in [2.75, 3.05) is 19.7 Å². The van der Waals surface area contributed by atoms with Crippen LogP contribution in [0.1, 0.15) is 34.6 Å². The number of hydrogen-bond donors (Lipinski definition) is 0. The summed E-state index contributed by atoms with van der Waals surface area (Å²) in [5.41, 5.74) is 0.507. The molecule has 0 radical (unpaired) electrons. The fourth-order valence-corrected chi connectivity index (χ4v) is 7.25. The van der Waals surface area contributed by atoms with Gasteiger partial charge in [0.15, 0.2) is 0 Å². The maximum absolute atomic E-state index is 5.93. The van der Waals surface area contributed by atoms with Crippen molar-refractivity contribution in [3.05, 3.63) is 0 Å². The van der Waals surface area contributed by atoms with E-state index in [-0.39, 0.29) is 11.1 Å². The SMILES string of the molecule is CCOP(=S)(N1CC1(C)C)N1CC1(C)C. The van der Waals surface area contributed by atoms with Crippen LogP contribution in [0, 0.1) is 0 Å². The highest BCUT2D eigenvalue weighted by Gasteiger charge is 2.61. The van der Waals surface area contributed by atoms with Crippen molar-refractivity contribution < 1.29 is 4.52 Å². The van der Waals surface area contributed by atoms with Crippen LogP contribution < -0.4 is 0 Å². The minimum atomic E-state index is -1.88. The molecule has 0 amide bonds. The Labute approximate surface area is 98.0 Å². The van der Waals surface area contributed by atoms with Gasteiger partial charge in [-0.05, 0) is 46.4 Å². The zero-order chi connectivity index (χ0) is 11.5. The lowest BCUT2D eigenvalue weighted by Gasteiger charge is -2.28. The standard InChI is InChI=1S/C10H21N2OPS/c1-6-13-14(15,11-7-9(11,2)3)12-8-10(12,4)5/h6-8H2,1-5H3. The third-order valence-corrected chi connectivity index (χ3v) is 7.85. The molecule has 2 aliphatic heterocycles. The van der Waals surface area contributed by atoms with Gasteiger partial charge in [-0.1, -0.05) is 0 Å². The summed E-state index contributed by atoms with van der Waals surface area (Å²) < 4.78 is 10.7. The van der Waals surface area contributed by atoms with E-state index in [0.717, 1.165) is 19.7 Å². The Bertz CT molecular complexity index is 303. The quantitative estimate of drug-likeness (QED) is 0.560. The Hall–Kier alpha value is 0.530. The van der Waals surface area contributed by atoms with Gasteiger partial charge in [0.2, 0.25) is 6.57 Å². The van der Waals surface area contributed by atoms with E-state index in [0.29, 0.717) is 0 Å². The minimum absolute atomic E-state index is 0.253. The molecule has 2 aliphatic rings. The van der Waals surface area contributed by atoms with Crippen molar-refractivity contribution in [3.63, 3.8) is 0 Å². The van der Waals surface area contributed by atoms with Crippen LogP contribution in [-0.4, -0.2) is 40.1 Å². The fraction of sp³-hybridized carbons (Fsp3) is 1.00. The van der Waals surface area contributed by atoms with Crippen LogP contribution in [0.2, 0.25) is 0 Å². The van der Waals surface area contributed by atoms with Crippen molar-refractivity contribution in [1.82, 2.24) is 9.34 Å². The fourth-order valence-electron chi connectivity index (χ4n) is 1.96. The first kappa shape index (κ1) is 12.0. The molecule has 0 bridgehead atoms. The van der Waals surface area contributed by atoms with Gasteiger partial charge in [-0.25, -0.2) is 9.34 Å². The Morgan fingerprint density at radius 1 is 1.13 bits per heavy atom.